The number of hydrogen-bond donors (Lipinski definition) is 0. The van der Waals surface area contributed by atoms with Gasteiger partial charge in [-0.3, -0.25) is 4.79 Å². The first kappa shape index (κ1) is 15.4. The van der Waals surface area contributed by atoms with E-state index < -0.39 is 0 Å². The molecule has 1 fully saturated rings. The molecular weight excluding hydrogens is 318 g/mol. The molecule has 0 radical (unpaired) electrons. The zero-order chi connectivity index (χ0) is 16.5. The van der Waals surface area contributed by atoms with E-state index >= 15 is 0 Å². The average molecular weight is 339 g/mol. The number of hydrogen-bond acceptors (Lipinski definition) is 4. The summed E-state index contributed by atoms with van der Waals surface area (Å²) in [7, 11) is 0. The van der Waals surface area contributed by atoms with E-state index in [0.717, 1.165) is 36.8 Å². The van der Waals surface area contributed by atoms with Crippen molar-refractivity contribution in [1.29, 1.82) is 0 Å². The number of aromatic nitrogens is 2. The van der Waals surface area contributed by atoms with Gasteiger partial charge in [0.1, 0.15) is 0 Å². The molecule has 1 atom stereocenters. The summed E-state index contributed by atoms with van der Waals surface area (Å²) in [6.07, 6.45) is 3.24. The first-order valence-electron chi connectivity index (χ1n) is 8.56. The molecule has 3 aromatic rings. The van der Waals surface area contributed by atoms with Crippen molar-refractivity contribution in [2.24, 2.45) is 0 Å². The van der Waals surface area contributed by atoms with Crippen LogP contribution in [0.25, 0.3) is 11.0 Å². The zero-order valence-corrected chi connectivity index (χ0v) is 14.6. The summed E-state index contributed by atoms with van der Waals surface area (Å²) in [5.74, 6) is 0.620. The number of aryl methyl sites for hydroxylation is 1. The van der Waals surface area contributed by atoms with Crippen LogP contribution in [0.5, 0.6) is 0 Å². The highest BCUT2D eigenvalue weighted by molar-refractivity contribution is 7.09. The lowest BCUT2D eigenvalue weighted by atomic mass is 10.1. The minimum atomic E-state index is 0.0364. The minimum absolute atomic E-state index is 0.0364. The summed E-state index contributed by atoms with van der Waals surface area (Å²) in [6.45, 7) is 3.60. The Hall–Kier alpha value is -2.14. The lowest BCUT2D eigenvalue weighted by Gasteiger charge is -2.26. The van der Waals surface area contributed by atoms with Crippen LogP contribution in [0.15, 0.2) is 46.6 Å². The molecule has 0 unspecified atom stereocenters. The molecule has 1 aromatic carbocycles. The van der Waals surface area contributed by atoms with Gasteiger partial charge >= 0.3 is 0 Å². The predicted molar refractivity (Wildman–Crippen MR) is 100 cm³/mol. The second kappa shape index (κ2) is 6.40. The Labute approximate surface area is 145 Å². The van der Waals surface area contributed by atoms with Gasteiger partial charge in [0, 0.05) is 30.4 Å². The van der Waals surface area contributed by atoms with E-state index in [1.165, 1.54) is 4.88 Å². The van der Waals surface area contributed by atoms with Crippen molar-refractivity contribution in [2.45, 2.75) is 38.8 Å². The maximum atomic E-state index is 13.0. The van der Waals surface area contributed by atoms with E-state index in [-0.39, 0.29) is 5.56 Å². The fourth-order valence-electron chi connectivity index (χ4n) is 3.67. The average Bonchev–Trinajstić information content (AvgIpc) is 3.27. The molecule has 1 aliphatic heterocycles. The van der Waals surface area contributed by atoms with Crippen molar-refractivity contribution in [3.8, 4) is 0 Å². The highest BCUT2D eigenvalue weighted by Gasteiger charge is 2.29. The molecule has 0 aliphatic carbocycles. The quantitative estimate of drug-likeness (QED) is 0.727. The van der Waals surface area contributed by atoms with Crippen LogP contribution < -0.4 is 10.5 Å². The van der Waals surface area contributed by atoms with Gasteiger partial charge in [-0.1, -0.05) is 18.2 Å². The second-order valence-electron chi connectivity index (χ2n) is 6.25. The van der Waals surface area contributed by atoms with E-state index in [0.29, 0.717) is 18.4 Å². The number of thiophene rings is 1. The summed E-state index contributed by atoms with van der Waals surface area (Å²) in [5.41, 5.74) is 1.85. The van der Waals surface area contributed by atoms with Crippen LogP contribution in [0.3, 0.4) is 0 Å². The maximum absolute atomic E-state index is 13.0. The van der Waals surface area contributed by atoms with E-state index in [2.05, 4.69) is 22.4 Å². The molecule has 4 nitrogen and oxygen atoms in total. The molecule has 0 spiro atoms. The van der Waals surface area contributed by atoms with E-state index in [1.807, 2.05) is 35.8 Å². The molecule has 4 rings (SSSR count). The summed E-state index contributed by atoms with van der Waals surface area (Å²) in [5, 5.41) is 2.12. The first-order chi connectivity index (χ1) is 11.8. The van der Waals surface area contributed by atoms with Crippen molar-refractivity contribution in [3.63, 3.8) is 0 Å². The molecular formula is C19H21N3OS. The normalized spacial score (nSPS) is 17.7. The van der Waals surface area contributed by atoms with Crippen molar-refractivity contribution in [2.75, 3.05) is 11.4 Å². The van der Waals surface area contributed by atoms with Crippen LogP contribution in [-0.4, -0.2) is 22.1 Å². The van der Waals surface area contributed by atoms with Crippen molar-refractivity contribution in [3.05, 3.63) is 57.0 Å². The van der Waals surface area contributed by atoms with E-state index in [9.17, 15) is 4.79 Å². The van der Waals surface area contributed by atoms with Gasteiger partial charge in [0.25, 0.3) is 5.56 Å². The predicted octanol–water partition coefficient (Wildman–Crippen LogP) is 3.69. The molecule has 124 valence electrons. The molecule has 0 saturated carbocycles. The highest BCUT2D eigenvalue weighted by Crippen LogP contribution is 2.27. The van der Waals surface area contributed by atoms with Crippen molar-refractivity contribution in [1.82, 2.24) is 9.55 Å². The Morgan fingerprint density at radius 3 is 2.92 bits per heavy atom. The molecule has 5 heteroatoms. The Kier molecular flexibility index (Phi) is 4.10. The highest BCUT2D eigenvalue weighted by atomic mass is 32.1. The molecule has 24 heavy (non-hydrogen) atoms. The van der Waals surface area contributed by atoms with Crippen molar-refractivity contribution < 1.29 is 0 Å². The number of rotatable bonds is 4. The molecule has 0 amide bonds. The van der Waals surface area contributed by atoms with Gasteiger partial charge in [-0.25, -0.2) is 4.98 Å². The van der Waals surface area contributed by atoms with Crippen LogP contribution in [0, 0.1) is 0 Å². The van der Waals surface area contributed by atoms with Crippen LogP contribution in [0.1, 0.15) is 24.6 Å². The summed E-state index contributed by atoms with van der Waals surface area (Å²) in [4.78, 5) is 21.4. The first-order valence-corrected chi connectivity index (χ1v) is 9.44. The second-order valence-corrected chi connectivity index (χ2v) is 7.28. The molecule has 0 bridgehead atoms. The Morgan fingerprint density at radius 1 is 1.25 bits per heavy atom. The lowest BCUT2D eigenvalue weighted by molar-refractivity contribution is 0.653. The van der Waals surface area contributed by atoms with E-state index in [4.69, 9.17) is 4.98 Å². The van der Waals surface area contributed by atoms with Gasteiger partial charge in [-0.2, -0.15) is 0 Å². The van der Waals surface area contributed by atoms with Crippen LogP contribution in [0.4, 0.5) is 5.82 Å². The molecule has 0 N–H and O–H groups in total. The number of para-hydroxylation sites is 2. The third kappa shape index (κ3) is 2.63. The smallest absolute Gasteiger partial charge is 0.294 e. The number of fused-ring (bicyclic) bond motifs is 1. The third-order valence-corrected chi connectivity index (χ3v) is 5.72. The van der Waals surface area contributed by atoms with E-state index in [1.54, 1.807) is 11.3 Å². The van der Waals surface area contributed by atoms with Gasteiger partial charge in [0.2, 0.25) is 0 Å². The van der Waals surface area contributed by atoms with Gasteiger partial charge in [0.05, 0.1) is 11.0 Å². The lowest BCUT2D eigenvalue weighted by Crippen LogP contribution is -2.38. The van der Waals surface area contributed by atoms with Crippen LogP contribution in [-0.2, 0) is 13.0 Å². The molecule has 2 aromatic heterocycles. The Morgan fingerprint density at radius 2 is 2.12 bits per heavy atom. The fraction of sp³-hybridized carbons (Fsp3) is 0.368. The topological polar surface area (TPSA) is 38.1 Å². The zero-order valence-electron chi connectivity index (χ0n) is 13.8. The fourth-order valence-corrected chi connectivity index (χ4v) is 4.45. The summed E-state index contributed by atoms with van der Waals surface area (Å²) < 4.78 is 1.85. The summed E-state index contributed by atoms with van der Waals surface area (Å²) in [6, 6.07) is 12.6. The SMILES string of the molecule is CCn1c(=O)c(N2CCC[C@@H]2Cc2cccs2)nc2ccccc21. The number of nitrogens with zero attached hydrogens (tertiary/aromatic N) is 3. The Balaban J connectivity index is 1.77. The Bertz CT molecular complexity index is 901. The summed E-state index contributed by atoms with van der Waals surface area (Å²) >= 11 is 1.79. The van der Waals surface area contributed by atoms with Gasteiger partial charge in [0.15, 0.2) is 5.82 Å². The maximum Gasteiger partial charge on any atom is 0.294 e. The molecule has 1 aliphatic rings. The largest absolute Gasteiger partial charge is 0.349 e. The molecule has 1 saturated heterocycles. The van der Waals surface area contributed by atoms with Gasteiger partial charge in [-0.15, -0.1) is 11.3 Å². The third-order valence-electron chi connectivity index (χ3n) is 4.82. The minimum Gasteiger partial charge on any atom is -0.349 e. The number of benzene rings is 1. The van der Waals surface area contributed by atoms with Crippen LogP contribution >= 0.6 is 11.3 Å². The van der Waals surface area contributed by atoms with Gasteiger partial charge < -0.3 is 9.47 Å². The molecule has 3 heterocycles. The number of anilines is 1. The van der Waals surface area contributed by atoms with Crippen molar-refractivity contribution >= 4 is 28.2 Å². The van der Waals surface area contributed by atoms with Gasteiger partial charge in [-0.05, 0) is 43.3 Å². The monoisotopic (exact) mass is 339 g/mol. The standard InChI is InChI=1S/C19H21N3OS/c1-2-21-17-10-4-3-9-16(17)20-18(19(21)23)22-11-5-7-14(22)13-15-8-6-12-24-15/h3-4,6,8-10,12,14H,2,5,7,11,13H2,1H3/t14-/m1/s1. The van der Waals surface area contributed by atoms with Crippen LogP contribution in [0.2, 0.25) is 0 Å².